The fourth-order valence-corrected chi connectivity index (χ4v) is 4.38. The summed E-state index contributed by atoms with van der Waals surface area (Å²) in [6, 6.07) is 27.1. The van der Waals surface area contributed by atoms with Crippen molar-refractivity contribution in [1.82, 2.24) is 14.9 Å². The molecule has 3 aromatic carbocycles. The zero-order valence-corrected chi connectivity index (χ0v) is 23.2. The minimum atomic E-state index is 0.383. The van der Waals surface area contributed by atoms with E-state index < -0.39 is 0 Å². The van der Waals surface area contributed by atoms with Gasteiger partial charge in [0.05, 0.1) is 30.2 Å². The summed E-state index contributed by atoms with van der Waals surface area (Å²) in [5.41, 5.74) is 13.1. The normalized spacial score (nSPS) is 14.0. The van der Waals surface area contributed by atoms with E-state index in [1.54, 1.807) is 6.33 Å². The van der Waals surface area contributed by atoms with Crippen molar-refractivity contribution >= 4 is 11.4 Å². The van der Waals surface area contributed by atoms with Crippen molar-refractivity contribution in [2.75, 3.05) is 24.2 Å². The van der Waals surface area contributed by atoms with Gasteiger partial charge in [-0.1, -0.05) is 48.0 Å². The molecule has 0 aliphatic carbocycles. The first-order valence-corrected chi connectivity index (χ1v) is 12.8. The van der Waals surface area contributed by atoms with Crippen LogP contribution in [0, 0.1) is 18.3 Å². The maximum atomic E-state index is 9.31. The second-order valence-electron chi connectivity index (χ2n) is 9.08. The highest BCUT2D eigenvalue weighted by atomic mass is 15.2. The highest BCUT2D eigenvalue weighted by molar-refractivity contribution is 5.58. The van der Waals surface area contributed by atoms with Gasteiger partial charge in [0, 0.05) is 36.7 Å². The first kappa shape index (κ1) is 30.6. The number of nitrogens with one attached hydrogen (secondary N) is 1. The number of anilines is 2. The molecule has 0 amide bonds. The Morgan fingerprint density at radius 2 is 1.72 bits per heavy atom. The van der Waals surface area contributed by atoms with Gasteiger partial charge in [0.2, 0.25) is 0 Å². The van der Waals surface area contributed by atoms with E-state index in [0.717, 1.165) is 37.4 Å². The summed E-state index contributed by atoms with van der Waals surface area (Å²) in [5, 5.41) is 9.31. The van der Waals surface area contributed by atoms with E-state index in [4.69, 9.17) is 5.73 Å². The van der Waals surface area contributed by atoms with Crippen LogP contribution in [0.2, 0.25) is 0 Å². The molecule has 6 nitrogen and oxygen atoms in total. The number of likely N-dealkylation sites (N-methyl/N-ethyl adjacent to an activating group) is 1. The van der Waals surface area contributed by atoms with Crippen LogP contribution in [-0.2, 0) is 19.5 Å². The molecule has 0 radical (unpaired) electrons. The third kappa shape index (κ3) is 9.33. The van der Waals surface area contributed by atoms with Gasteiger partial charge in [-0.2, -0.15) is 5.26 Å². The fourth-order valence-electron chi connectivity index (χ4n) is 4.38. The Morgan fingerprint density at radius 1 is 1.03 bits per heavy atom. The number of H-pyrrole nitrogens is 1. The molecule has 0 bridgehead atoms. The van der Waals surface area contributed by atoms with Crippen molar-refractivity contribution in [3.8, 4) is 6.07 Å². The van der Waals surface area contributed by atoms with Gasteiger partial charge in [0.25, 0.3) is 0 Å². The Labute approximate surface area is 233 Å². The van der Waals surface area contributed by atoms with Crippen molar-refractivity contribution < 1.29 is 0 Å². The van der Waals surface area contributed by atoms with Crippen LogP contribution < -0.4 is 10.6 Å². The second kappa shape index (κ2) is 16.3. The van der Waals surface area contributed by atoms with Crippen LogP contribution in [0.15, 0.2) is 112 Å². The topological polar surface area (TPSA) is 85.0 Å². The quantitative estimate of drug-likeness (QED) is 0.236. The number of aryl methyl sites for hydroxylation is 1. The first-order chi connectivity index (χ1) is 19.0. The fraction of sp³-hybridized carbons (Fsp3) is 0.212. The number of nitriles is 1. The lowest BCUT2D eigenvalue weighted by molar-refractivity contribution is 0.240. The lowest BCUT2D eigenvalue weighted by atomic mass is 10.0. The van der Waals surface area contributed by atoms with Gasteiger partial charge in [0.1, 0.15) is 0 Å². The van der Waals surface area contributed by atoms with Gasteiger partial charge in [-0.3, -0.25) is 4.90 Å². The molecule has 1 aliphatic rings. The van der Waals surface area contributed by atoms with E-state index >= 15 is 0 Å². The predicted octanol–water partition coefficient (Wildman–Crippen LogP) is 6.53. The molecular weight excluding hydrogens is 480 g/mol. The number of fused-ring (bicyclic) bond motifs is 1. The largest absolute Gasteiger partial charge is 0.399 e. The number of aromatic nitrogens is 2. The van der Waals surface area contributed by atoms with E-state index in [2.05, 4.69) is 95.6 Å². The van der Waals surface area contributed by atoms with Crippen molar-refractivity contribution in [3.05, 3.63) is 140 Å². The van der Waals surface area contributed by atoms with Crippen molar-refractivity contribution in [2.24, 2.45) is 0 Å². The van der Waals surface area contributed by atoms with Gasteiger partial charge in [0.15, 0.2) is 0 Å². The maximum absolute atomic E-state index is 9.31. The Kier molecular flexibility index (Phi) is 12.8. The van der Waals surface area contributed by atoms with Crippen LogP contribution in [0.3, 0.4) is 0 Å². The van der Waals surface area contributed by atoms with E-state index in [1.165, 1.54) is 22.4 Å². The van der Waals surface area contributed by atoms with Crippen LogP contribution >= 0.6 is 0 Å². The van der Waals surface area contributed by atoms with Crippen molar-refractivity contribution in [2.45, 2.75) is 32.5 Å². The molecule has 2 heterocycles. The number of imidazole rings is 1. The minimum absolute atomic E-state index is 0.383. The smallest absolute Gasteiger partial charge is 0.0991 e. The number of rotatable bonds is 4. The first-order valence-electron chi connectivity index (χ1n) is 12.8. The van der Waals surface area contributed by atoms with E-state index in [0.29, 0.717) is 11.6 Å². The monoisotopic (exact) mass is 520 g/mol. The van der Waals surface area contributed by atoms with Gasteiger partial charge in [-0.05, 0) is 61.9 Å². The Balaban J connectivity index is 0.000000375. The van der Waals surface area contributed by atoms with Crippen LogP contribution in [0.1, 0.15) is 27.9 Å². The van der Waals surface area contributed by atoms with Gasteiger partial charge in [-0.15, -0.1) is 26.3 Å². The van der Waals surface area contributed by atoms with E-state index in [9.17, 15) is 5.26 Å². The molecule has 39 heavy (non-hydrogen) atoms. The average Bonchev–Trinajstić information content (AvgIpc) is 3.46. The summed E-state index contributed by atoms with van der Waals surface area (Å²) < 4.78 is 0. The lowest BCUT2D eigenvalue weighted by Gasteiger charge is -2.30. The zero-order valence-electron chi connectivity index (χ0n) is 23.2. The zero-order chi connectivity index (χ0) is 28.6. The summed E-state index contributed by atoms with van der Waals surface area (Å²) in [7, 11) is 2.18. The molecule has 5 rings (SSSR count). The summed E-state index contributed by atoms with van der Waals surface area (Å²) in [6.45, 7) is 16.6. The van der Waals surface area contributed by atoms with Gasteiger partial charge >= 0.3 is 0 Å². The molecule has 0 saturated heterocycles. The average molecular weight is 521 g/mol. The Hall–Kier alpha value is -4.60. The molecule has 4 aromatic rings. The number of nitrogen functional groups attached to an aromatic ring is 1. The molecular formula is C33H40N6. The molecule has 0 fully saturated rings. The van der Waals surface area contributed by atoms with Crippen molar-refractivity contribution in [3.63, 3.8) is 0 Å². The van der Waals surface area contributed by atoms with Crippen LogP contribution in [0.5, 0.6) is 0 Å². The standard InChI is InChI=1S/C22H23N5.C7H9N.2C2H4/c1-26-13-19-9-18(11-23)7-8-22(19)27(14-20-12-24-16-25-20)15-21(26)10-17-5-3-2-4-6-17;1-6-2-4-7(8)5-3-6;2*1-2/h2-9,12,16,21H,10,13-15H2,1H3,(H,24,25);2-5H,8H2,1H3;2*1-2H2. The maximum Gasteiger partial charge on any atom is 0.0991 e. The highest BCUT2D eigenvalue weighted by Gasteiger charge is 2.26. The van der Waals surface area contributed by atoms with Crippen molar-refractivity contribution in [1.29, 1.82) is 5.26 Å². The van der Waals surface area contributed by atoms with Gasteiger partial charge < -0.3 is 15.6 Å². The highest BCUT2D eigenvalue weighted by Crippen LogP contribution is 2.29. The number of nitrogens with two attached hydrogens (primary N) is 1. The second-order valence-corrected chi connectivity index (χ2v) is 9.08. The molecule has 0 spiro atoms. The number of benzene rings is 3. The molecule has 0 saturated carbocycles. The Morgan fingerprint density at radius 3 is 2.31 bits per heavy atom. The predicted molar refractivity (Wildman–Crippen MR) is 164 cm³/mol. The lowest BCUT2D eigenvalue weighted by Crippen LogP contribution is -2.40. The third-order valence-corrected chi connectivity index (χ3v) is 6.33. The number of nitrogens with zero attached hydrogens (tertiary/aromatic N) is 4. The van der Waals surface area contributed by atoms with E-state index in [1.807, 2.05) is 49.5 Å². The summed E-state index contributed by atoms with van der Waals surface area (Å²) >= 11 is 0. The summed E-state index contributed by atoms with van der Waals surface area (Å²) in [6.07, 6.45) is 4.60. The molecule has 1 atom stereocenters. The molecule has 1 aliphatic heterocycles. The Bertz CT molecular complexity index is 1250. The van der Waals surface area contributed by atoms with Crippen LogP contribution in [0.25, 0.3) is 0 Å². The number of hydrogen-bond acceptors (Lipinski definition) is 5. The molecule has 1 unspecified atom stereocenters. The van der Waals surface area contributed by atoms with Crippen LogP contribution in [-0.4, -0.2) is 34.5 Å². The molecule has 3 N–H and O–H groups in total. The molecule has 6 heteroatoms. The third-order valence-electron chi connectivity index (χ3n) is 6.33. The SMILES string of the molecule is C=C.C=C.CN1Cc2cc(C#N)ccc2N(Cc2cnc[nH]2)CC1Cc1ccccc1.Cc1ccc(N)cc1. The molecule has 1 aromatic heterocycles. The minimum Gasteiger partial charge on any atom is -0.399 e. The molecule has 202 valence electrons. The summed E-state index contributed by atoms with van der Waals surface area (Å²) in [4.78, 5) is 12.2. The van der Waals surface area contributed by atoms with E-state index in [-0.39, 0.29) is 0 Å². The number of hydrogen-bond donors (Lipinski definition) is 2. The number of aromatic amines is 1. The summed E-state index contributed by atoms with van der Waals surface area (Å²) in [5.74, 6) is 0. The van der Waals surface area contributed by atoms with Gasteiger partial charge in [-0.25, -0.2) is 4.98 Å². The van der Waals surface area contributed by atoms with Crippen LogP contribution in [0.4, 0.5) is 11.4 Å².